The summed E-state index contributed by atoms with van der Waals surface area (Å²) in [6, 6.07) is 9.92. The molecule has 0 spiro atoms. The van der Waals surface area contributed by atoms with Gasteiger partial charge in [0.1, 0.15) is 21.1 Å². The van der Waals surface area contributed by atoms with E-state index in [2.05, 4.69) is 14.7 Å². The SMILES string of the molecule is COc1cccc(-c2nc3cc(NSC)cnc3s2)c1. The van der Waals surface area contributed by atoms with E-state index in [0.717, 1.165) is 32.4 Å². The Hall–Kier alpha value is -1.79. The van der Waals surface area contributed by atoms with E-state index in [9.17, 15) is 0 Å². The van der Waals surface area contributed by atoms with Gasteiger partial charge in [0, 0.05) is 11.8 Å². The second kappa shape index (κ2) is 5.68. The highest BCUT2D eigenvalue weighted by atomic mass is 32.2. The van der Waals surface area contributed by atoms with Crippen LogP contribution in [0.2, 0.25) is 0 Å². The minimum atomic E-state index is 0.833. The van der Waals surface area contributed by atoms with Crippen LogP contribution in [0.25, 0.3) is 20.9 Å². The van der Waals surface area contributed by atoms with Crippen molar-refractivity contribution in [1.29, 1.82) is 0 Å². The predicted octanol–water partition coefficient (Wildman–Crippen LogP) is 4.06. The molecule has 6 heteroatoms. The molecule has 0 bridgehead atoms. The van der Waals surface area contributed by atoms with Crippen LogP contribution in [0, 0.1) is 0 Å². The normalized spacial score (nSPS) is 10.7. The molecule has 1 aromatic carbocycles. The summed E-state index contributed by atoms with van der Waals surface area (Å²) in [4.78, 5) is 10.0. The molecule has 102 valence electrons. The van der Waals surface area contributed by atoms with E-state index in [-0.39, 0.29) is 0 Å². The largest absolute Gasteiger partial charge is 0.497 e. The first-order chi connectivity index (χ1) is 9.80. The smallest absolute Gasteiger partial charge is 0.143 e. The van der Waals surface area contributed by atoms with Crippen LogP contribution in [0.1, 0.15) is 0 Å². The molecule has 2 heterocycles. The van der Waals surface area contributed by atoms with Crippen molar-refractivity contribution in [1.82, 2.24) is 9.97 Å². The van der Waals surface area contributed by atoms with Crippen LogP contribution in [0.15, 0.2) is 36.5 Å². The van der Waals surface area contributed by atoms with Crippen molar-refractivity contribution in [3.8, 4) is 16.3 Å². The van der Waals surface area contributed by atoms with E-state index in [1.165, 1.54) is 0 Å². The summed E-state index contributed by atoms with van der Waals surface area (Å²) in [5.41, 5.74) is 2.92. The first-order valence-corrected chi connectivity index (χ1v) is 8.04. The molecule has 0 fully saturated rings. The Kier molecular flexibility index (Phi) is 3.75. The standard InChI is InChI=1S/C14H13N3OS2/c1-18-11-5-3-4-9(6-11)13-16-12-7-10(17-19-2)8-15-14(12)20-13/h3-8,17H,1-2H3. The molecule has 0 radical (unpaired) electrons. The van der Waals surface area contributed by atoms with Gasteiger partial charge in [-0.25, -0.2) is 9.97 Å². The maximum atomic E-state index is 5.25. The third-order valence-electron chi connectivity index (χ3n) is 2.78. The molecule has 20 heavy (non-hydrogen) atoms. The fourth-order valence-corrected chi connectivity index (χ4v) is 3.11. The minimum Gasteiger partial charge on any atom is -0.497 e. The number of nitrogens with one attached hydrogen (secondary N) is 1. The molecule has 0 aliphatic carbocycles. The zero-order valence-electron chi connectivity index (χ0n) is 11.1. The van der Waals surface area contributed by atoms with Crippen molar-refractivity contribution < 1.29 is 4.74 Å². The number of hydrogen-bond donors (Lipinski definition) is 1. The van der Waals surface area contributed by atoms with E-state index < -0.39 is 0 Å². The topological polar surface area (TPSA) is 47.0 Å². The second-order valence-electron chi connectivity index (χ2n) is 4.11. The summed E-state index contributed by atoms with van der Waals surface area (Å²) in [6.07, 6.45) is 3.80. The van der Waals surface area contributed by atoms with Gasteiger partial charge in [0.25, 0.3) is 0 Å². The zero-order valence-corrected chi connectivity index (χ0v) is 12.7. The number of ether oxygens (including phenoxy) is 1. The van der Waals surface area contributed by atoms with Gasteiger partial charge < -0.3 is 9.46 Å². The van der Waals surface area contributed by atoms with Crippen LogP contribution < -0.4 is 9.46 Å². The lowest BCUT2D eigenvalue weighted by Gasteiger charge is -2.00. The van der Waals surface area contributed by atoms with Crippen molar-refractivity contribution in [3.63, 3.8) is 0 Å². The molecule has 0 aliphatic heterocycles. The Bertz CT molecular complexity index is 742. The van der Waals surface area contributed by atoms with Crippen LogP contribution in [-0.2, 0) is 0 Å². The summed E-state index contributed by atoms with van der Waals surface area (Å²) in [6.45, 7) is 0. The second-order valence-corrected chi connectivity index (χ2v) is 5.70. The van der Waals surface area contributed by atoms with Crippen LogP contribution >= 0.6 is 23.3 Å². The molecule has 0 saturated heterocycles. The minimum absolute atomic E-state index is 0.833. The van der Waals surface area contributed by atoms with Crippen molar-refractivity contribution in [2.45, 2.75) is 0 Å². The van der Waals surface area contributed by atoms with Crippen LogP contribution in [0.4, 0.5) is 5.69 Å². The molecule has 4 nitrogen and oxygen atoms in total. The lowest BCUT2D eigenvalue weighted by atomic mass is 10.2. The zero-order chi connectivity index (χ0) is 13.9. The molecule has 0 atom stereocenters. The third-order valence-corrected chi connectivity index (χ3v) is 4.25. The van der Waals surface area contributed by atoms with Gasteiger partial charge >= 0.3 is 0 Å². The lowest BCUT2D eigenvalue weighted by Crippen LogP contribution is -1.85. The lowest BCUT2D eigenvalue weighted by molar-refractivity contribution is 0.415. The Morgan fingerprint density at radius 1 is 1.30 bits per heavy atom. The maximum Gasteiger partial charge on any atom is 0.143 e. The number of anilines is 1. The molecular formula is C14H13N3OS2. The summed E-state index contributed by atoms with van der Waals surface area (Å²) >= 11 is 3.12. The van der Waals surface area contributed by atoms with Gasteiger partial charge in [0.2, 0.25) is 0 Å². The molecule has 3 rings (SSSR count). The van der Waals surface area contributed by atoms with Gasteiger partial charge in [-0.2, -0.15) is 0 Å². The van der Waals surface area contributed by atoms with E-state index in [0.29, 0.717) is 0 Å². The highest BCUT2D eigenvalue weighted by Crippen LogP contribution is 2.31. The number of fused-ring (bicyclic) bond motifs is 1. The van der Waals surface area contributed by atoms with Crippen molar-refractivity contribution in [2.24, 2.45) is 0 Å². The van der Waals surface area contributed by atoms with E-state index in [4.69, 9.17) is 4.74 Å². The number of thiazole rings is 1. The Morgan fingerprint density at radius 3 is 3.00 bits per heavy atom. The molecule has 3 aromatic rings. The number of nitrogens with zero attached hydrogens (tertiary/aromatic N) is 2. The average Bonchev–Trinajstić information content (AvgIpc) is 2.91. The fraction of sp³-hybridized carbons (Fsp3) is 0.143. The molecule has 0 aliphatic rings. The Morgan fingerprint density at radius 2 is 2.20 bits per heavy atom. The van der Waals surface area contributed by atoms with E-state index in [1.807, 2.05) is 42.8 Å². The van der Waals surface area contributed by atoms with E-state index in [1.54, 1.807) is 30.4 Å². The Labute approximate surface area is 125 Å². The van der Waals surface area contributed by atoms with Gasteiger partial charge in [0.05, 0.1) is 19.0 Å². The van der Waals surface area contributed by atoms with Crippen LogP contribution in [-0.4, -0.2) is 23.3 Å². The molecule has 2 aromatic heterocycles. The molecule has 0 unspecified atom stereocenters. The number of benzene rings is 1. The highest BCUT2D eigenvalue weighted by molar-refractivity contribution is 7.99. The van der Waals surface area contributed by atoms with Crippen LogP contribution in [0.3, 0.4) is 0 Å². The van der Waals surface area contributed by atoms with Gasteiger partial charge in [-0.1, -0.05) is 35.4 Å². The number of aromatic nitrogens is 2. The van der Waals surface area contributed by atoms with Gasteiger partial charge in [-0.15, -0.1) is 0 Å². The molecule has 0 saturated carbocycles. The summed E-state index contributed by atoms with van der Waals surface area (Å²) in [5, 5.41) is 0.952. The third kappa shape index (κ3) is 2.57. The number of rotatable bonds is 4. The molecule has 1 N–H and O–H groups in total. The Balaban J connectivity index is 2.03. The molecule has 0 amide bonds. The van der Waals surface area contributed by atoms with Gasteiger partial charge in [-0.3, -0.25) is 0 Å². The quantitative estimate of drug-likeness (QED) is 0.737. The maximum absolute atomic E-state index is 5.25. The number of hydrogen-bond acceptors (Lipinski definition) is 6. The van der Waals surface area contributed by atoms with Crippen molar-refractivity contribution >= 4 is 39.3 Å². The highest BCUT2D eigenvalue weighted by Gasteiger charge is 2.08. The van der Waals surface area contributed by atoms with Crippen LogP contribution in [0.5, 0.6) is 5.75 Å². The monoisotopic (exact) mass is 303 g/mol. The summed E-state index contributed by atoms with van der Waals surface area (Å²) in [5.74, 6) is 0.833. The number of pyridine rings is 1. The summed E-state index contributed by atoms with van der Waals surface area (Å²) in [7, 11) is 1.67. The fourth-order valence-electron chi connectivity index (χ4n) is 1.88. The van der Waals surface area contributed by atoms with Gasteiger partial charge in [0.15, 0.2) is 0 Å². The first-order valence-electron chi connectivity index (χ1n) is 6.00. The van der Waals surface area contributed by atoms with Crippen molar-refractivity contribution in [2.75, 3.05) is 18.1 Å². The van der Waals surface area contributed by atoms with Gasteiger partial charge in [-0.05, 0) is 18.2 Å². The predicted molar refractivity (Wildman–Crippen MR) is 86.5 cm³/mol. The van der Waals surface area contributed by atoms with Crippen molar-refractivity contribution in [3.05, 3.63) is 36.5 Å². The summed E-state index contributed by atoms with van der Waals surface area (Å²) < 4.78 is 8.42. The molecular weight excluding hydrogens is 290 g/mol. The number of methoxy groups -OCH3 is 1. The first kappa shape index (κ1) is 13.2. The average molecular weight is 303 g/mol. The van der Waals surface area contributed by atoms with E-state index >= 15 is 0 Å².